The summed E-state index contributed by atoms with van der Waals surface area (Å²) in [5.74, 6) is 0. The van der Waals surface area contributed by atoms with E-state index in [1.807, 2.05) is 0 Å². The predicted octanol–water partition coefficient (Wildman–Crippen LogP) is 2.26. The van der Waals surface area contributed by atoms with Crippen LogP contribution in [0.2, 0.25) is 0 Å². The standard InChI is InChI=1S/C13H28O4/c1-3-4-5-6-7-15-10-11-17-13-12-16-9-8-14-2/h3-13H2,1-2H3. The van der Waals surface area contributed by atoms with Gasteiger partial charge in [0, 0.05) is 13.7 Å². The lowest BCUT2D eigenvalue weighted by Gasteiger charge is -2.06. The van der Waals surface area contributed by atoms with E-state index in [1.54, 1.807) is 7.11 Å². The number of hydrogen-bond donors (Lipinski definition) is 0. The summed E-state index contributed by atoms with van der Waals surface area (Å²) in [7, 11) is 1.66. The summed E-state index contributed by atoms with van der Waals surface area (Å²) in [6.45, 7) is 6.93. The van der Waals surface area contributed by atoms with Crippen molar-refractivity contribution < 1.29 is 18.9 Å². The lowest BCUT2D eigenvalue weighted by Crippen LogP contribution is -2.11. The molecule has 0 bridgehead atoms. The second-order valence-electron chi connectivity index (χ2n) is 3.89. The Kier molecular flexibility index (Phi) is 15.7. The second kappa shape index (κ2) is 15.8. The molecule has 0 fully saturated rings. The first kappa shape index (κ1) is 16.8. The predicted molar refractivity (Wildman–Crippen MR) is 68.5 cm³/mol. The number of unbranched alkanes of at least 4 members (excludes halogenated alkanes) is 3. The van der Waals surface area contributed by atoms with Crippen LogP contribution in [0, 0.1) is 0 Å². The fourth-order valence-corrected chi connectivity index (χ4v) is 1.32. The monoisotopic (exact) mass is 248 g/mol. The van der Waals surface area contributed by atoms with Crippen LogP contribution in [-0.4, -0.2) is 53.4 Å². The zero-order valence-corrected chi connectivity index (χ0v) is 11.4. The van der Waals surface area contributed by atoms with Crippen molar-refractivity contribution in [2.75, 3.05) is 53.4 Å². The molecule has 0 amide bonds. The average Bonchev–Trinajstić information content (AvgIpc) is 2.35. The Morgan fingerprint density at radius 1 is 0.588 bits per heavy atom. The number of hydrogen-bond acceptors (Lipinski definition) is 4. The van der Waals surface area contributed by atoms with Crippen LogP contribution in [-0.2, 0) is 18.9 Å². The molecule has 0 spiro atoms. The van der Waals surface area contributed by atoms with Crippen molar-refractivity contribution >= 4 is 0 Å². The summed E-state index contributed by atoms with van der Waals surface area (Å²) in [6, 6.07) is 0. The lowest BCUT2D eigenvalue weighted by atomic mass is 10.2. The van der Waals surface area contributed by atoms with Crippen molar-refractivity contribution in [3.63, 3.8) is 0 Å². The Labute approximate surface area is 106 Å². The van der Waals surface area contributed by atoms with Gasteiger partial charge in [-0.2, -0.15) is 0 Å². The van der Waals surface area contributed by atoms with Gasteiger partial charge in [-0.1, -0.05) is 26.2 Å². The second-order valence-corrected chi connectivity index (χ2v) is 3.89. The van der Waals surface area contributed by atoms with Gasteiger partial charge in [-0.05, 0) is 6.42 Å². The first-order valence-electron chi connectivity index (χ1n) is 6.64. The number of ether oxygens (including phenoxy) is 4. The Morgan fingerprint density at radius 3 is 1.65 bits per heavy atom. The molecular weight excluding hydrogens is 220 g/mol. The van der Waals surface area contributed by atoms with Gasteiger partial charge in [0.15, 0.2) is 0 Å². The molecule has 0 unspecified atom stereocenters. The highest BCUT2D eigenvalue weighted by atomic mass is 16.6. The Morgan fingerprint density at radius 2 is 1.12 bits per heavy atom. The summed E-state index contributed by atoms with van der Waals surface area (Å²) < 4.78 is 20.9. The molecule has 0 aromatic carbocycles. The summed E-state index contributed by atoms with van der Waals surface area (Å²) in [5, 5.41) is 0. The summed E-state index contributed by atoms with van der Waals surface area (Å²) >= 11 is 0. The molecule has 0 atom stereocenters. The highest BCUT2D eigenvalue weighted by Crippen LogP contribution is 1.98. The molecule has 104 valence electrons. The van der Waals surface area contributed by atoms with Gasteiger partial charge in [-0.25, -0.2) is 0 Å². The van der Waals surface area contributed by atoms with Crippen molar-refractivity contribution in [1.29, 1.82) is 0 Å². The zero-order valence-electron chi connectivity index (χ0n) is 11.4. The van der Waals surface area contributed by atoms with E-state index in [4.69, 9.17) is 18.9 Å². The van der Waals surface area contributed by atoms with Gasteiger partial charge >= 0.3 is 0 Å². The van der Waals surface area contributed by atoms with Crippen LogP contribution in [0.4, 0.5) is 0 Å². The molecule has 0 radical (unpaired) electrons. The molecule has 0 saturated carbocycles. The van der Waals surface area contributed by atoms with Gasteiger partial charge < -0.3 is 18.9 Å². The fourth-order valence-electron chi connectivity index (χ4n) is 1.32. The van der Waals surface area contributed by atoms with Crippen LogP contribution >= 0.6 is 0 Å². The topological polar surface area (TPSA) is 36.9 Å². The Balaban J connectivity index is 2.85. The van der Waals surface area contributed by atoms with Crippen molar-refractivity contribution in [3.8, 4) is 0 Å². The lowest BCUT2D eigenvalue weighted by molar-refractivity contribution is 0.00324. The molecular formula is C13H28O4. The van der Waals surface area contributed by atoms with Gasteiger partial charge in [0.1, 0.15) is 0 Å². The van der Waals surface area contributed by atoms with Crippen molar-refractivity contribution in [2.45, 2.75) is 32.6 Å². The third-order valence-electron chi connectivity index (χ3n) is 2.32. The Bertz CT molecular complexity index is 117. The summed E-state index contributed by atoms with van der Waals surface area (Å²) in [5.41, 5.74) is 0. The third-order valence-corrected chi connectivity index (χ3v) is 2.32. The van der Waals surface area contributed by atoms with Crippen LogP contribution < -0.4 is 0 Å². The molecule has 4 heteroatoms. The first-order chi connectivity index (χ1) is 8.41. The maximum absolute atomic E-state index is 5.44. The minimum Gasteiger partial charge on any atom is -0.382 e. The van der Waals surface area contributed by atoms with E-state index in [-0.39, 0.29) is 0 Å². The maximum atomic E-state index is 5.44. The minimum absolute atomic E-state index is 0.625. The molecule has 0 aliphatic rings. The summed E-state index contributed by atoms with van der Waals surface area (Å²) in [6.07, 6.45) is 5.00. The molecule has 17 heavy (non-hydrogen) atoms. The largest absolute Gasteiger partial charge is 0.382 e. The maximum Gasteiger partial charge on any atom is 0.0701 e. The first-order valence-corrected chi connectivity index (χ1v) is 6.64. The van der Waals surface area contributed by atoms with Crippen LogP contribution in [0.5, 0.6) is 0 Å². The minimum atomic E-state index is 0.625. The van der Waals surface area contributed by atoms with E-state index in [0.717, 1.165) is 13.0 Å². The van der Waals surface area contributed by atoms with E-state index in [2.05, 4.69) is 6.92 Å². The average molecular weight is 248 g/mol. The fraction of sp³-hybridized carbons (Fsp3) is 1.00. The van der Waals surface area contributed by atoms with Gasteiger partial charge in [0.2, 0.25) is 0 Å². The highest BCUT2D eigenvalue weighted by Gasteiger charge is 1.92. The van der Waals surface area contributed by atoms with Crippen LogP contribution in [0.15, 0.2) is 0 Å². The van der Waals surface area contributed by atoms with Crippen LogP contribution in [0.1, 0.15) is 32.6 Å². The summed E-state index contributed by atoms with van der Waals surface area (Å²) in [4.78, 5) is 0. The number of rotatable bonds is 14. The number of methoxy groups -OCH3 is 1. The zero-order chi connectivity index (χ0) is 12.6. The Hall–Kier alpha value is -0.160. The van der Waals surface area contributed by atoms with Gasteiger partial charge in [-0.15, -0.1) is 0 Å². The van der Waals surface area contributed by atoms with Gasteiger partial charge in [0.25, 0.3) is 0 Å². The molecule has 0 aromatic rings. The molecule has 0 saturated heterocycles. The molecule has 0 heterocycles. The molecule has 0 aliphatic carbocycles. The quantitative estimate of drug-likeness (QED) is 0.442. The van der Waals surface area contributed by atoms with Gasteiger partial charge in [-0.3, -0.25) is 0 Å². The highest BCUT2D eigenvalue weighted by molar-refractivity contribution is 4.39. The molecule has 4 nitrogen and oxygen atoms in total. The molecule has 0 rings (SSSR count). The SMILES string of the molecule is CCCCCCOCCOCCOCCOC. The van der Waals surface area contributed by atoms with E-state index in [9.17, 15) is 0 Å². The van der Waals surface area contributed by atoms with Crippen molar-refractivity contribution in [2.24, 2.45) is 0 Å². The van der Waals surface area contributed by atoms with E-state index < -0.39 is 0 Å². The molecule has 0 aliphatic heterocycles. The van der Waals surface area contributed by atoms with Crippen LogP contribution in [0.3, 0.4) is 0 Å². The van der Waals surface area contributed by atoms with Crippen LogP contribution in [0.25, 0.3) is 0 Å². The van der Waals surface area contributed by atoms with Gasteiger partial charge in [0.05, 0.1) is 39.6 Å². The van der Waals surface area contributed by atoms with E-state index >= 15 is 0 Å². The third kappa shape index (κ3) is 15.8. The normalized spacial score (nSPS) is 10.9. The molecule has 0 aromatic heterocycles. The van der Waals surface area contributed by atoms with E-state index in [1.165, 1.54) is 19.3 Å². The smallest absolute Gasteiger partial charge is 0.0701 e. The van der Waals surface area contributed by atoms with Crippen molar-refractivity contribution in [3.05, 3.63) is 0 Å². The van der Waals surface area contributed by atoms with Crippen molar-refractivity contribution in [1.82, 2.24) is 0 Å². The van der Waals surface area contributed by atoms with E-state index in [0.29, 0.717) is 39.6 Å². The molecule has 0 N–H and O–H groups in total.